The molecule has 0 unspecified atom stereocenters. The standard InChI is InChI=1S/C20H22N4O4/c1-4-27-17-7-5-15(6-8-17)11-22-24-19(25)13-28-20-18(10-21)16(12-26-3)9-14(2)23-20/h5-9,11H,4,12-13H2,1-3H3,(H,24,25)/b22-11-. The molecular weight excluding hydrogens is 360 g/mol. The fourth-order valence-electron chi connectivity index (χ4n) is 2.37. The van der Waals surface area contributed by atoms with Crippen LogP contribution in [-0.2, 0) is 16.1 Å². The Balaban J connectivity index is 1.93. The molecule has 1 heterocycles. The molecule has 8 nitrogen and oxygen atoms in total. The maximum Gasteiger partial charge on any atom is 0.278 e. The van der Waals surface area contributed by atoms with Gasteiger partial charge in [0.2, 0.25) is 5.88 Å². The number of ether oxygens (including phenoxy) is 3. The zero-order valence-electron chi connectivity index (χ0n) is 16.1. The third kappa shape index (κ3) is 6.07. The number of benzene rings is 1. The summed E-state index contributed by atoms with van der Waals surface area (Å²) in [6, 6.07) is 11.1. The first-order chi connectivity index (χ1) is 13.6. The molecule has 0 saturated carbocycles. The van der Waals surface area contributed by atoms with Crippen LogP contribution in [0.2, 0.25) is 0 Å². The monoisotopic (exact) mass is 382 g/mol. The van der Waals surface area contributed by atoms with Crippen molar-refractivity contribution < 1.29 is 19.0 Å². The highest BCUT2D eigenvalue weighted by molar-refractivity contribution is 5.83. The Kier molecular flexibility index (Phi) is 7.93. The predicted molar refractivity (Wildman–Crippen MR) is 103 cm³/mol. The summed E-state index contributed by atoms with van der Waals surface area (Å²) in [4.78, 5) is 16.1. The van der Waals surface area contributed by atoms with Gasteiger partial charge in [-0.05, 0) is 49.7 Å². The number of amides is 1. The van der Waals surface area contributed by atoms with E-state index in [2.05, 4.69) is 15.5 Å². The molecule has 1 aromatic heterocycles. The van der Waals surface area contributed by atoms with Gasteiger partial charge in [-0.25, -0.2) is 10.4 Å². The van der Waals surface area contributed by atoms with E-state index in [0.717, 1.165) is 11.3 Å². The van der Waals surface area contributed by atoms with Crippen molar-refractivity contribution in [1.29, 1.82) is 5.26 Å². The molecule has 0 aliphatic heterocycles. The first-order valence-corrected chi connectivity index (χ1v) is 8.64. The highest BCUT2D eigenvalue weighted by Crippen LogP contribution is 2.21. The highest BCUT2D eigenvalue weighted by atomic mass is 16.5. The Morgan fingerprint density at radius 2 is 2.07 bits per heavy atom. The Morgan fingerprint density at radius 3 is 2.71 bits per heavy atom. The van der Waals surface area contributed by atoms with Crippen molar-refractivity contribution in [3.63, 3.8) is 0 Å². The van der Waals surface area contributed by atoms with E-state index in [1.807, 2.05) is 37.3 Å². The number of pyridine rings is 1. The van der Waals surface area contributed by atoms with E-state index in [-0.39, 0.29) is 24.7 Å². The zero-order chi connectivity index (χ0) is 20.4. The van der Waals surface area contributed by atoms with Crippen LogP contribution in [0.5, 0.6) is 11.6 Å². The number of carbonyl (C=O) groups is 1. The average Bonchev–Trinajstić information content (AvgIpc) is 2.68. The van der Waals surface area contributed by atoms with Crippen LogP contribution in [0, 0.1) is 18.3 Å². The number of nitrogens with one attached hydrogen (secondary N) is 1. The van der Waals surface area contributed by atoms with Gasteiger partial charge in [-0.1, -0.05) is 0 Å². The molecule has 0 fully saturated rings. The van der Waals surface area contributed by atoms with Gasteiger partial charge in [-0.15, -0.1) is 0 Å². The average molecular weight is 382 g/mol. The van der Waals surface area contributed by atoms with Crippen molar-refractivity contribution in [2.24, 2.45) is 5.10 Å². The number of nitriles is 1. The van der Waals surface area contributed by atoms with Crippen LogP contribution in [-0.4, -0.2) is 37.4 Å². The van der Waals surface area contributed by atoms with Crippen LogP contribution >= 0.6 is 0 Å². The van der Waals surface area contributed by atoms with E-state index in [1.165, 1.54) is 13.3 Å². The molecule has 0 aliphatic carbocycles. The lowest BCUT2D eigenvalue weighted by atomic mass is 10.1. The zero-order valence-corrected chi connectivity index (χ0v) is 16.1. The summed E-state index contributed by atoms with van der Waals surface area (Å²) in [6.45, 7) is 4.21. The lowest BCUT2D eigenvalue weighted by molar-refractivity contribution is -0.123. The van der Waals surface area contributed by atoms with E-state index < -0.39 is 5.91 Å². The molecule has 1 amide bonds. The number of rotatable bonds is 9. The summed E-state index contributed by atoms with van der Waals surface area (Å²) in [5.74, 6) is 0.395. The van der Waals surface area contributed by atoms with Crippen LogP contribution in [0.1, 0.15) is 29.3 Å². The van der Waals surface area contributed by atoms with Gasteiger partial charge in [0.25, 0.3) is 5.91 Å². The van der Waals surface area contributed by atoms with Crippen molar-refractivity contribution >= 4 is 12.1 Å². The molecule has 0 atom stereocenters. The summed E-state index contributed by atoms with van der Waals surface area (Å²) in [7, 11) is 1.53. The van der Waals surface area contributed by atoms with E-state index >= 15 is 0 Å². The van der Waals surface area contributed by atoms with Crippen LogP contribution in [0.4, 0.5) is 0 Å². The summed E-state index contributed by atoms with van der Waals surface area (Å²) < 4.78 is 15.9. The maximum atomic E-state index is 11.9. The summed E-state index contributed by atoms with van der Waals surface area (Å²) in [6.07, 6.45) is 1.51. The van der Waals surface area contributed by atoms with Gasteiger partial charge >= 0.3 is 0 Å². The molecule has 2 aromatic rings. The lowest BCUT2D eigenvalue weighted by Gasteiger charge is -2.10. The van der Waals surface area contributed by atoms with Crippen LogP contribution in [0.3, 0.4) is 0 Å². The van der Waals surface area contributed by atoms with E-state index in [0.29, 0.717) is 17.9 Å². The summed E-state index contributed by atoms with van der Waals surface area (Å²) >= 11 is 0. The number of hydrogen-bond acceptors (Lipinski definition) is 7. The molecule has 0 spiro atoms. The molecule has 28 heavy (non-hydrogen) atoms. The van der Waals surface area contributed by atoms with Gasteiger partial charge in [0.15, 0.2) is 6.61 Å². The minimum Gasteiger partial charge on any atom is -0.494 e. The second-order valence-electron chi connectivity index (χ2n) is 5.73. The van der Waals surface area contributed by atoms with Crippen molar-refractivity contribution in [1.82, 2.24) is 10.4 Å². The molecular formula is C20H22N4O4. The molecule has 0 radical (unpaired) electrons. The number of nitrogens with zero attached hydrogens (tertiary/aromatic N) is 3. The smallest absolute Gasteiger partial charge is 0.278 e. The fourth-order valence-corrected chi connectivity index (χ4v) is 2.37. The Bertz CT molecular complexity index is 873. The highest BCUT2D eigenvalue weighted by Gasteiger charge is 2.14. The third-order valence-corrected chi connectivity index (χ3v) is 3.54. The fraction of sp³-hybridized carbons (Fsp3) is 0.300. The van der Waals surface area contributed by atoms with Crippen LogP contribution in [0.15, 0.2) is 35.4 Å². The van der Waals surface area contributed by atoms with E-state index in [1.54, 1.807) is 13.0 Å². The van der Waals surface area contributed by atoms with Gasteiger partial charge in [0, 0.05) is 18.4 Å². The molecule has 0 bridgehead atoms. The second kappa shape index (κ2) is 10.6. The number of hydrogen-bond donors (Lipinski definition) is 1. The molecule has 1 N–H and O–H groups in total. The van der Waals surface area contributed by atoms with Crippen molar-refractivity contribution in [3.05, 3.63) is 52.7 Å². The Hall–Kier alpha value is -3.44. The molecule has 0 saturated heterocycles. The predicted octanol–water partition coefficient (Wildman–Crippen LogP) is 2.34. The summed E-state index contributed by atoms with van der Waals surface area (Å²) in [5, 5.41) is 13.2. The Morgan fingerprint density at radius 1 is 1.32 bits per heavy atom. The number of aromatic nitrogens is 1. The third-order valence-electron chi connectivity index (χ3n) is 3.54. The van der Waals surface area contributed by atoms with Crippen molar-refractivity contribution in [3.8, 4) is 17.7 Å². The quantitative estimate of drug-likeness (QED) is 0.527. The topological polar surface area (TPSA) is 106 Å². The van der Waals surface area contributed by atoms with E-state index in [4.69, 9.17) is 14.2 Å². The maximum absolute atomic E-state index is 11.9. The summed E-state index contributed by atoms with van der Waals surface area (Å²) in [5.41, 5.74) is 4.74. The van der Waals surface area contributed by atoms with Crippen molar-refractivity contribution in [2.45, 2.75) is 20.5 Å². The van der Waals surface area contributed by atoms with Gasteiger partial charge in [0.05, 0.1) is 19.4 Å². The van der Waals surface area contributed by atoms with Crippen molar-refractivity contribution in [2.75, 3.05) is 20.3 Å². The Labute approximate surface area is 163 Å². The molecule has 146 valence electrons. The SMILES string of the molecule is CCOc1ccc(/C=N\NC(=O)COc2nc(C)cc(COC)c2C#N)cc1. The minimum absolute atomic E-state index is 0.0974. The van der Waals surface area contributed by atoms with Gasteiger partial charge < -0.3 is 14.2 Å². The van der Waals surface area contributed by atoms with Crippen LogP contribution in [0.25, 0.3) is 0 Å². The number of methoxy groups -OCH3 is 1. The first kappa shape index (κ1) is 20.9. The van der Waals surface area contributed by atoms with Gasteiger partial charge in [-0.2, -0.15) is 10.4 Å². The molecule has 1 aromatic carbocycles. The van der Waals surface area contributed by atoms with Gasteiger partial charge in [0.1, 0.15) is 17.4 Å². The number of hydrazone groups is 1. The van der Waals surface area contributed by atoms with E-state index in [9.17, 15) is 10.1 Å². The normalized spacial score (nSPS) is 10.5. The largest absolute Gasteiger partial charge is 0.494 e. The molecule has 0 aliphatic rings. The number of aryl methyl sites for hydroxylation is 1. The lowest BCUT2D eigenvalue weighted by Crippen LogP contribution is -2.25. The second-order valence-corrected chi connectivity index (χ2v) is 5.73. The minimum atomic E-state index is -0.470. The molecule has 2 rings (SSSR count). The molecule has 8 heteroatoms. The van der Waals surface area contributed by atoms with Crippen LogP contribution < -0.4 is 14.9 Å². The van der Waals surface area contributed by atoms with Gasteiger partial charge in [-0.3, -0.25) is 4.79 Å². The number of carbonyl (C=O) groups excluding carboxylic acids is 1. The first-order valence-electron chi connectivity index (χ1n) is 8.64.